The molecule has 10 nitrogen and oxygen atoms in total. The lowest BCUT2D eigenvalue weighted by atomic mass is 9.95. The largest absolute Gasteiger partial charge is 0.493 e. The number of anilines is 2. The molecule has 0 bridgehead atoms. The van der Waals surface area contributed by atoms with Gasteiger partial charge in [-0.05, 0) is 72.7 Å². The number of Topliss-reactive ketones (excluding diaryl/α,β-unsaturated/α-hetero) is 1. The Morgan fingerprint density at radius 2 is 1.69 bits per heavy atom. The van der Waals surface area contributed by atoms with Crippen molar-refractivity contribution in [3.8, 4) is 28.4 Å². The van der Waals surface area contributed by atoms with Crippen LogP contribution in [0.5, 0.6) is 17.2 Å². The summed E-state index contributed by atoms with van der Waals surface area (Å²) in [6, 6.07) is 12.4. The minimum Gasteiger partial charge on any atom is -0.493 e. The molecule has 0 saturated carbocycles. The average Bonchev–Trinajstić information content (AvgIpc) is 3.26. The molecule has 0 heterocycles. The summed E-state index contributed by atoms with van der Waals surface area (Å²) in [6.07, 6.45) is 1.77. The molecule has 45 heavy (non-hydrogen) atoms. The van der Waals surface area contributed by atoms with E-state index in [-0.39, 0.29) is 34.6 Å². The third-order valence-corrected chi connectivity index (χ3v) is 8.26. The molecule has 4 rings (SSSR count). The Bertz CT molecular complexity index is 1670. The Balaban J connectivity index is 1.84. The van der Waals surface area contributed by atoms with Gasteiger partial charge in [0.25, 0.3) is 0 Å². The maximum atomic E-state index is 13.9. The molecule has 3 N–H and O–H groups in total. The normalized spacial score (nSPS) is 14.9. The van der Waals surface area contributed by atoms with Gasteiger partial charge >= 0.3 is 0 Å². The first-order valence-corrected chi connectivity index (χ1v) is 15.0. The fourth-order valence-corrected chi connectivity index (χ4v) is 5.73. The summed E-state index contributed by atoms with van der Waals surface area (Å²) in [5, 5.41) is 9.11. The quantitative estimate of drug-likeness (QED) is 0.240. The first-order chi connectivity index (χ1) is 21.5. The Labute approximate surface area is 263 Å². The first-order valence-electron chi connectivity index (χ1n) is 15.0. The molecule has 0 fully saturated rings. The Morgan fingerprint density at radius 3 is 2.31 bits per heavy atom. The summed E-state index contributed by atoms with van der Waals surface area (Å²) in [4.78, 5) is 51.6. The van der Waals surface area contributed by atoms with Crippen molar-refractivity contribution in [2.75, 3.05) is 32.0 Å². The van der Waals surface area contributed by atoms with Gasteiger partial charge in [-0.25, -0.2) is 0 Å². The maximum absolute atomic E-state index is 13.9. The molecule has 1 aliphatic carbocycles. The van der Waals surface area contributed by atoms with Crippen LogP contribution >= 0.6 is 0 Å². The summed E-state index contributed by atoms with van der Waals surface area (Å²) in [7, 11) is 4.63. The number of benzene rings is 2. The lowest BCUT2D eigenvalue weighted by Gasteiger charge is -2.24. The van der Waals surface area contributed by atoms with E-state index in [1.54, 1.807) is 44.6 Å². The van der Waals surface area contributed by atoms with E-state index in [0.29, 0.717) is 58.9 Å². The van der Waals surface area contributed by atoms with Crippen molar-refractivity contribution < 1.29 is 28.6 Å². The van der Waals surface area contributed by atoms with Crippen LogP contribution in [0.15, 0.2) is 53.3 Å². The third-order valence-electron chi connectivity index (χ3n) is 8.26. The van der Waals surface area contributed by atoms with Crippen LogP contribution in [0.25, 0.3) is 11.1 Å². The van der Waals surface area contributed by atoms with E-state index in [9.17, 15) is 19.2 Å². The van der Waals surface area contributed by atoms with E-state index < -0.39 is 12.1 Å². The van der Waals surface area contributed by atoms with Gasteiger partial charge in [0.2, 0.25) is 23.0 Å². The number of ketones is 1. The summed E-state index contributed by atoms with van der Waals surface area (Å²) < 4.78 is 17.1. The van der Waals surface area contributed by atoms with Gasteiger partial charge in [-0.3, -0.25) is 19.2 Å². The highest BCUT2D eigenvalue weighted by atomic mass is 16.5. The molecule has 238 valence electrons. The predicted octanol–water partition coefficient (Wildman–Crippen LogP) is 5.53. The van der Waals surface area contributed by atoms with Crippen molar-refractivity contribution in [1.29, 1.82) is 0 Å². The van der Waals surface area contributed by atoms with Crippen molar-refractivity contribution in [2.45, 2.75) is 59.0 Å². The lowest BCUT2D eigenvalue weighted by Crippen LogP contribution is -2.40. The monoisotopic (exact) mass is 615 g/mol. The highest BCUT2D eigenvalue weighted by Crippen LogP contribution is 2.50. The number of rotatable bonds is 11. The van der Waals surface area contributed by atoms with Crippen LogP contribution in [0.4, 0.5) is 11.4 Å². The van der Waals surface area contributed by atoms with Crippen molar-refractivity contribution in [3.63, 3.8) is 0 Å². The maximum Gasteiger partial charge on any atom is 0.247 e. The number of hydrogen-bond donors (Lipinski definition) is 3. The van der Waals surface area contributed by atoms with E-state index in [0.717, 1.165) is 11.1 Å². The Morgan fingerprint density at radius 1 is 0.956 bits per heavy atom. The minimum absolute atomic E-state index is 0.109. The highest BCUT2D eigenvalue weighted by molar-refractivity contribution is 5.99. The summed E-state index contributed by atoms with van der Waals surface area (Å²) in [6.45, 7) is 6.81. The SMILES string of the molecule is CC[C@@H](C)[C@H](Nc1ccc2c(cc1=O)[C@@H](NC(C)=O)CCc1cc(OC)c(OC)c(OC)c1-2)C(=O)Nc1cccc(C(C)=O)c1. The van der Waals surface area contributed by atoms with Crippen LogP contribution in [0.3, 0.4) is 0 Å². The van der Waals surface area contributed by atoms with Crippen LogP contribution in [-0.2, 0) is 16.0 Å². The molecule has 0 saturated heterocycles. The number of carbonyl (C=O) groups excluding carboxylic acids is 3. The van der Waals surface area contributed by atoms with Crippen molar-refractivity contribution in [2.24, 2.45) is 5.92 Å². The fourth-order valence-electron chi connectivity index (χ4n) is 5.73. The number of nitrogens with one attached hydrogen (secondary N) is 3. The third kappa shape index (κ3) is 7.11. The zero-order chi connectivity index (χ0) is 32.8. The van der Waals surface area contributed by atoms with Gasteiger partial charge in [-0.15, -0.1) is 0 Å². The van der Waals surface area contributed by atoms with Crippen LogP contribution in [-0.4, -0.2) is 45.0 Å². The average molecular weight is 616 g/mol. The summed E-state index contributed by atoms with van der Waals surface area (Å²) in [5.74, 6) is 0.564. The smallest absolute Gasteiger partial charge is 0.247 e. The zero-order valence-corrected chi connectivity index (χ0v) is 26.8. The molecule has 3 atom stereocenters. The number of amides is 2. The van der Waals surface area contributed by atoms with Crippen LogP contribution < -0.4 is 35.6 Å². The van der Waals surface area contributed by atoms with E-state index in [2.05, 4.69) is 16.0 Å². The second-order valence-corrected chi connectivity index (χ2v) is 11.2. The summed E-state index contributed by atoms with van der Waals surface area (Å²) in [5.41, 5.74) is 3.82. The number of hydrogen-bond acceptors (Lipinski definition) is 8. The molecular weight excluding hydrogens is 574 g/mol. The number of ether oxygens (including phenoxy) is 3. The molecule has 0 radical (unpaired) electrons. The first kappa shape index (κ1) is 33.0. The van der Waals surface area contributed by atoms with E-state index >= 15 is 0 Å². The van der Waals surface area contributed by atoms with Gasteiger partial charge < -0.3 is 30.2 Å². The second-order valence-electron chi connectivity index (χ2n) is 11.2. The van der Waals surface area contributed by atoms with Crippen molar-refractivity contribution in [1.82, 2.24) is 5.32 Å². The molecular formula is C35H41N3O7. The van der Waals surface area contributed by atoms with Gasteiger partial charge in [0, 0.05) is 23.7 Å². The molecule has 0 spiro atoms. The highest BCUT2D eigenvalue weighted by Gasteiger charge is 2.30. The molecule has 3 aromatic rings. The van der Waals surface area contributed by atoms with E-state index in [4.69, 9.17) is 14.2 Å². The number of carbonyl (C=O) groups is 3. The van der Waals surface area contributed by atoms with Gasteiger partial charge in [0.05, 0.1) is 33.1 Å². The van der Waals surface area contributed by atoms with Crippen molar-refractivity contribution >= 4 is 29.0 Å². The zero-order valence-electron chi connectivity index (χ0n) is 26.8. The van der Waals surface area contributed by atoms with E-state index in [1.807, 2.05) is 26.0 Å². The molecule has 0 aliphatic heterocycles. The second kappa shape index (κ2) is 14.3. The Hall–Kier alpha value is -4.86. The fraction of sp³-hybridized carbons (Fsp3) is 0.371. The summed E-state index contributed by atoms with van der Waals surface area (Å²) >= 11 is 0. The number of aryl methyl sites for hydroxylation is 1. The van der Waals surface area contributed by atoms with E-state index in [1.165, 1.54) is 27.0 Å². The van der Waals surface area contributed by atoms with Crippen LogP contribution in [0.2, 0.25) is 0 Å². The molecule has 10 heteroatoms. The van der Waals surface area contributed by atoms with Crippen LogP contribution in [0.1, 0.15) is 68.1 Å². The lowest BCUT2D eigenvalue weighted by molar-refractivity contribution is -0.120. The molecule has 1 aliphatic rings. The number of methoxy groups -OCH3 is 3. The van der Waals surface area contributed by atoms with Crippen LogP contribution in [0, 0.1) is 5.92 Å². The minimum atomic E-state index is -0.761. The predicted molar refractivity (Wildman–Crippen MR) is 175 cm³/mol. The topological polar surface area (TPSA) is 132 Å². The van der Waals surface area contributed by atoms with Gasteiger partial charge in [0.1, 0.15) is 6.04 Å². The molecule has 0 unspecified atom stereocenters. The van der Waals surface area contributed by atoms with Gasteiger partial charge in [-0.2, -0.15) is 0 Å². The molecule has 2 amide bonds. The number of fused-ring (bicyclic) bond motifs is 3. The van der Waals surface area contributed by atoms with Gasteiger partial charge in [0.15, 0.2) is 17.3 Å². The van der Waals surface area contributed by atoms with Crippen molar-refractivity contribution in [3.05, 3.63) is 75.4 Å². The molecule has 3 aromatic carbocycles. The standard InChI is InChI=1S/C35H41N3O7/c1-8-19(2)32(35(42)37-24-11-9-10-22(16-24)20(3)39)38-28-15-13-25-26(18-29(28)41)27(36-21(4)40)14-12-23-17-30(43-5)33(44-6)34(45-7)31(23)25/h9-11,13,15-19,27,32H,8,12,14H2,1-7H3,(H,36,40)(H,37,42)(H,38,41)/t19-,27+,32+/m1/s1. The Kier molecular flexibility index (Phi) is 10.5. The van der Waals surface area contributed by atoms with Gasteiger partial charge in [-0.1, -0.05) is 38.5 Å². The molecule has 0 aromatic heterocycles.